The maximum atomic E-state index is 12.3. The van der Waals surface area contributed by atoms with E-state index < -0.39 is 23.9 Å². The highest BCUT2D eigenvalue weighted by Crippen LogP contribution is 2.23. The molecular weight excluding hydrogens is 372 g/mol. The number of carbonyl (C=O) groups is 3. The predicted molar refractivity (Wildman–Crippen MR) is 111 cm³/mol. The SMILES string of the molecule is CCOc1ccccc1NC(=O)COC(=O)c1cccc(NC(=O)C(C)(C)C)c1. The smallest absolute Gasteiger partial charge is 0.338 e. The Morgan fingerprint density at radius 2 is 1.69 bits per heavy atom. The topological polar surface area (TPSA) is 93.7 Å². The zero-order chi connectivity index (χ0) is 21.4. The molecule has 0 aliphatic rings. The molecule has 0 aliphatic heterocycles. The van der Waals surface area contributed by atoms with Gasteiger partial charge in [0.15, 0.2) is 6.61 Å². The minimum Gasteiger partial charge on any atom is -0.492 e. The van der Waals surface area contributed by atoms with Crippen LogP contribution >= 0.6 is 0 Å². The van der Waals surface area contributed by atoms with Crippen molar-refractivity contribution < 1.29 is 23.9 Å². The molecule has 7 nitrogen and oxygen atoms in total. The highest BCUT2D eigenvalue weighted by molar-refractivity contribution is 5.98. The molecule has 0 aromatic heterocycles. The molecule has 154 valence electrons. The Balaban J connectivity index is 1.95. The fraction of sp³-hybridized carbons (Fsp3) is 0.318. The third kappa shape index (κ3) is 6.64. The maximum absolute atomic E-state index is 12.3. The molecular formula is C22H26N2O5. The van der Waals surface area contributed by atoms with Crippen molar-refractivity contribution in [2.75, 3.05) is 23.8 Å². The van der Waals surface area contributed by atoms with Gasteiger partial charge in [0.1, 0.15) is 5.75 Å². The first-order valence-electron chi connectivity index (χ1n) is 9.31. The Bertz CT molecular complexity index is 887. The Morgan fingerprint density at radius 3 is 2.38 bits per heavy atom. The molecule has 29 heavy (non-hydrogen) atoms. The van der Waals surface area contributed by atoms with Crippen LogP contribution in [0.2, 0.25) is 0 Å². The third-order valence-electron chi connectivity index (χ3n) is 3.83. The highest BCUT2D eigenvalue weighted by atomic mass is 16.5. The summed E-state index contributed by atoms with van der Waals surface area (Å²) >= 11 is 0. The van der Waals surface area contributed by atoms with Crippen LogP contribution in [0.15, 0.2) is 48.5 Å². The average Bonchev–Trinajstić information content (AvgIpc) is 2.67. The van der Waals surface area contributed by atoms with Gasteiger partial charge in [-0.1, -0.05) is 39.0 Å². The van der Waals surface area contributed by atoms with Gasteiger partial charge in [-0.2, -0.15) is 0 Å². The molecule has 0 spiro atoms. The van der Waals surface area contributed by atoms with E-state index in [-0.39, 0.29) is 11.5 Å². The van der Waals surface area contributed by atoms with Crippen molar-refractivity contribution in [2.45, 2.75) is 27.7 Å². The molecule has 2 aromatic rings. The molecule has 0 atom stereocenters. The fourth-order valence-electron chi connectivity index (χ4n) is 2.29. The molecule has 0 bridgehead atoms. The second-order valence-electron chi connectivity index (χ2n) is 7.34. The molecule has 0 saturated carbocycles. The van der Waals surface area contributed by atoms with Gasteiger partial charge >= 0.3 is 5.97 Å². The van der Waals surface area contributed by atoms with Crippen LogP contribution in [0.4, 0.5) is 11.4 Å². The van der Waals surface area contributed by atoms with Crippen LogP contribution in [-0.4, -0.2) is 31.0 Å². The number of para-hydroxylation sites is 2. The fourth-order valence-corrected chi connectivity index (χ4v) is 2.29. The zero-order valence-corrected chi connectivity index (χ0v) is 17.1. The van der Waals surface area contributed by atoms with E-state index in [0.29, 0.717) is 23.7 Å². The van der Waals surface area contributed by atoms with Crippen molar-refractivity contribution in [3.63, 3.8) is 0 Å². The monoisotopic (exact) mass is 398 g/mol. The summed E-state index contributed by atoms with van der Waals surface area (Å²) < 4.78 is 10.5. The van der Waals surface area contributed by atoms with Gasteiger partial charge in [-0.25, -0.2) is 4.79 Å². The summed E-state index contributed by atoms with van der Waals surface area (Å²) in [4.78, 5) is 36.5. The number of hydrogen-bond donors (Lipinski definition) is 2. The Hall–Kier alpha value is -3.35. The van der Waals surface area contributed by atoms with Crippen molar-refractivity contribution in [3.05, 3.63) is 54.1 Å². The lowest BCUT2D eigenvalue weighted by molar-refractivity contribution is -0.123. The number of hydrogen-bond acceptors (Lipinski definition) is 5. The van der Waals surface area contributed by atoms with E-state index >= 15 is 0 Å². The Morgan fingerprint density at radius 1 is 0.966 bits per heavy atom. The minimum absolute atomic E-state index is 0.171. The summed E-state index contributed by atoms with van der Waals surface area (Å²) in [6.07, 6.45) is 0. The second-order valence-corrected chi connectivity index (χ2v) is 7.34. The first-order chi connectivity index (χ1) is 13.7. The van der Waals surface area contributed by atoms with Crippen LogP contribution in [0.5, 0.6) is 5.75 Å². The standard InChI is InChI=1S/C22H26N2O5/c1-5-28-18-12-7-6-11-17(18)24-19(25)14-29-20(26)15-9-8-10-16(13-15)23-21(27)22(2,3)4/h6-13H,5,14H2,1-4H3,(H,23,27)(H,24,25). The number of esters is 1. The second kappa shape index (κ2) is 9.73. The molecule has 0 radical (unpaired) electrons. The summed E-state index contributed by atoms with van der Waals surface area (Å²) in [5, 5.41) is 5.41. The molecule has 7 heteroatoms. The minimum atomic E-state index is -0.662. The van der Waals surface area contributed by atoms with Gasteiger partial charge in [-0.05, 0) is 37.3 Å². The van der Waals surface area contributed by atoms with E-state index in [1.807, 2.05) is 6.92 Å². The van der Waals surface area contributed by atoms with Crippen LogP contribution in [0.3, 0.4) is 0 Å². The summed E-state index contributed by atoms with van der Waals surface area (Å²) in [5.41, 5.74) is 0.655. The number of ether oxygens (including phenoxy) is 2. The van der Waals surface area contributed by atoms with E-state index in [1.165, 1.54) is 6.07 Å². The van der Waals surface area contributed by atoms with E-state index in [4.69, 9.17) is 9.47 Å². The number of anilines is 2. The van der Waals surface area contributed by atoms with Crippen molar-refractivity contribution in [1.82, 2.24) is 0 Å². The summed E-state index contributed by atoms with van der Waals surface area (Å²) in [7, 11) is 0. The first kappa shape index (κ1) is 21.9. The largest absolute Gasteiger partial charge is 0.492 e. The molecule has 2 amide bonds. The van der Waals surface area contributed by atoms with Gasteiger partial charge in [0.25, 0.3) is 5.91 Å². The lowest BCUT2D eigenvalue weighted by atomic mass is 9.95. The van der Waals surface area contributed by atoms with E-state index in [2.05, 4.69) is 10.6 Å². The van der Waals surface area contributed by atoms with Crippen LogP contribution in [0.1, 0.15) is 38.1 Å². The average molecular weight is 398 g/mol. The third-order valence-corrected chi connectivity index (χ3v) is 3.83. The van der Waals surface area contributed by atoms with Crippen LogP contribution in [0, 0.1) is 5.41 Å². The van der Waals surface area contributed by atoms with Crippen LogP contribution in [0.25, 0.3) is 0 Å². The zero-order valence-electron chi connectivity index (χ0n) is 17.1. The molecule has 2 rings (SSSR count). The van der Waals surface area contributed by atoms with E-state index in [0.717, 1.165) is 0 Å². The number of carbonyl (C=O) groups excluding carboxylic acids is 3. The maximum Gasteiger partial charge on any atom is 0.338 e. The summed E-state index contributed by atoms with van der Waals surface area (Å²) in [6.45, 7) is 7.24. The van der Waals surface area contributed by atoms with E-state index in [1.54, 1.807) is 63.2 Å². The van der Waals surface area contributed by atoms with Gasteiger partial charge in [-0.15, -0.1) is 0 Å². The van der Waals surface area contributed by atoms with Crippen molar-refractivity contribution in [3.8, 4) is 5.75 Å². The summed E-state index contributed by atoms with van der Waals surface area (Å²) in [6, 6.07) is 13.4. The normalized spacial score (nSPS) is 10.8. The molecule has 2 N–H and O–H groups in total. The first-order valence-corrected chi connectivity index (χ1v) is 9.31. The van der Waals surface area contributed by atoms with Crippen LogP contribution in [-0.2, 0) is 14.3 Å². The number of rotatable bonds is 7. The quantitative estimate of drug-likeness (QED) is 0.691. The van der Waals surface area contributed by atoms with Gasteiger partial charge in [0, 0.05) is 11.1 Å². The highest BCUT2D eigenvalue weighted by Gasteiger charge is 2.21. The van der Waals surface area contributed by atoms with Gasteiger partial charge in [0.2, 0.25) is 5.91 Å². The van der Waals surface area contributed by atoms with E-state index in [9.17, 15) is 14.4 Å². The summed E-state index contributed by atoms with van der Waals surface area (Å²) in [5.74, 6) is -0.778. The molecule has 0 heterocycles. The number of nitrogens with one attached hydrogen (secondary N) is 2. The molecule has 0 saturated heterocycles. The lowest BCUT2D eigenvalue weighted by Gasteiger charge is -2.17. The lowest BCUT2D eigenvalue weighted by Crippen LogP contribution is -2.27. The Kier molecular flexibility index (Phi) is 7.36. The van der Waals surface area contributed by atoms with Crippen molar-refractivity contribution >= 4 is 29.2 Å². The van der Waals surface area contributed by atoms with Crippen molar-refractivity contribution in [1.29, 1.82) is 0 Å². The van der Waals surface area contributed by atoms with Crippen LogP contribution < -0.4 is 15.4 Å². The predicted octanol–water partition coefficient (Wildman–Crippen LogP) is 3.87. The van der Waals surface area contributed by atoms with Gasteiger partial charge < -0.3 is 20.1 Å². The van der Waals surface area contributed by atoms with Gasteiger partial charge in [0.05, 0.1) is 17.9 Å². The Labute approximate surface area is 170 Å². The molecule has 0 fully saturated rings. The number of benzene rings is 2. The van der Waals surface area contributed by atoms with Crippen molar-refractivity contribution in [2.24, 2.45) is 5.41 Å². The van der Waals surface area contributed by atoms with Gasteiger partial charge in [-0.3, -0.25) is 9.59 Å². The molecule has 2 aromatic carbocycles. The number of amides is 2. The molecule has 0 unspecified atom stereocenters. The molecule has 0 aliphatic carbocycles.